The molecule has 2 atom stereocenters. The number of rotatable bonds is 12. The van der Waals surface area contributed by atoms with E-state index >= 15 is 0 Å². The van der Waals surface area contributed by atoms with Gasteiger partial charge in [-0.05, 0) is 60.1 Å². The van der Waals surface area contributed by atoms with Gasteiger partial charge >= 0.3 is 0 Å². The van der Waals surface area contributed by atoms with E-state index < -0.39 is 0 Å². The third-order valence-corrected chi connectivity index (χ3v) is 6.76. The van der Waals surface area contributed by atoms with Gasteiger partial charge in [0, 0.05) is 0 Å². The fraction of sp³-hybridized carbons (Fsp3) is 0.571. The minimum Gasteiger partial charge on any atom is -0.494 e. The Morgan fingerprint density at radius 1 is 0.733 bits per heavy atom. The molecule has 3 rings (SSSR count). The summed E-state index contributed by atoms with van der Waals surface area (Å²) < 4.78 is 19.1. The summed E-state index contributed by atoms with van der Waals surface area (Å²) in [4.78, 5) is 0. The molecule has 0 N–H and O–H groups in total. The van der Waals surface area contributed by atoms with Crippen molar-refractivity contribution in [2.75, 3.05) is 6.61 Å². The molecule has 1 aliphatic carbocycles. The maximum absolute atomic E-state index is 13.1. The Morgan fingerprint density at radius 2 is 1.30 bits per heavy atom. The lowest BCUT2D eigenvalue weighted by molar-refractivity contribution is 0.190. The molecular formula is C28H39FO. The van der Waals surface area contributed by atoms with Crippen molar-refractivity contribution < 1.29 is 9.13 Å². The molecule has 1 nitrogen and oxygen atoms in total. The van der Waals surface area contributed by atoms with Gasteiger partial charge in [-0.3, -0.25) is 0 Å². The number of unbranched alkanes of at least 4 members (excludes halogenated alkanes) is 4. The zero-order valence-electron chi connectivity index (χ0n) is 18.8. The standard InChI is InChI=1S/C28H39FO/c1-2-3-4-5-6-10-23-11-7-8-12-24(23)13-9-22-30-28-20-16-26(17-21-28)25-14-18-27(29)19-15-25/h14-21,23-24H,2-13,22H2,1H3. The molecule has 164 valence electrons. The topological polar surface area (TPSA) is 9.23 Å². The molecule has 0 spiro atoms. The number of hydrogen-bond donors (Lipinski definition) is 0. The molecule has 0 aliphatic heterocycles. The second-order valence-corrected chi connectivity index (χ2v) is 9.03. The quantitative estimate of drug-likeness (QED) is 0.318. The summed E-state index contributed by atoms with van der Waals surface area (Å²) in [5.41, 5.74) is 2.12. The molecule has 30 heavy (non-hydrogen) atoms. The first kappa shape index (κ1) is 22.8. The molecule has 1 fully saturated rings. The van der Waals surface area contributed by atoms with Crippen LogP contribution in [0.2, 0.25) is 0 Å². The second-order valence-electron chi connectivity index (χ2n) is 9.03. The average Bonchev–Trinajstić information content (AvgIpc) is 2.78. The maximum atomic E-state index is 13.1. The predicted molar refractivity (Wildman–Crippen MR) is 125 cm³/mol. The van der Waals surface area contributed by atoms with E-state index in [-0.39, 0.29) is 5.82 Å². The van der Waals surface area contributed by atoms with Gasteiger partial charge in [0.1, 0.15) is 11.6 Å². The normalized spacial score (nSPS) is 19.0. The number of halogens is 1. The summed E-state index contributed by atoms with van der Waals surface area (Å²) in [5, 5.41) is 0. The molecule has 0 radical (unpaired) electrons. The third-order valence-electron chi connectivity index (χ3n) is 6.76. The summed E-state index contributed by atoms with van der Waals surface area (Å²) >= 11 is 0. The maximum Gasteiger partial charge on any atom is 0.123 e. The Hall–Kier alpha value is -1.83. The lowest BCUT2D eigenvalue weighted by Crippen LogP contribution is -2.20. The van der Waals surface area contributed by atoms with Crippen molar-refractivity contribution in [1.29, 1.82) is 0 Å². The molecule has 2 aromatic rings. The van der Waals surface area contributed by atoms with Crippen LogP contribution in [0.4, 0.5) is 4.39 Å². The number of ether oxygens (including phenoxy) is 1. The van der Waals surface area contributed by atoms with Crippen LogP contribution in [0.1, 0.15) is 84.0 Å². The Morgan fingerprint density at radius 3 is 1.93 bits per heavy atom. The summed E-state index contributed by atoms with van der Waals surface area (Å²) in [6.07, 6.45) is 16.6. The zero-order chi connectivity index (χ0) is 21.0. The second kappa shape index (κ2) is 12.8. The molecule has 1 aliphatic rings. The van der Waals surface area contributed by atoms with Gasteiger partial charge in [0.25, 0.3) is 0 Å². The molecule has 0 saturated heterocycles. The van der Waals surface area contributed by atoms with E-state index in [4.69, 9.17) is 4.74 Å². The lowest BCUT2D eigenvalue weighted by atomic mass is 9.74. The van der Waals surface area contributed by atoms with E-state index in [0.717, 1.165) is 41.7 Å². The van der Waals surface area contributed by atoms with Crippen molar-refractivity contribution in [3.63, 3.8) is 0 Å². The van der Waals surface area contributed by atoms with Crippen molar-refractivity contribution in [1.82, 2.24) is 0 Å². The minimum absolute atomic E-state index is 0.199. The molecule has 0 amide bonds. The van der Waals surface area contributed by atoms with Crippen molar-refractivity contribution in [3.8, 4) is 16.9 Å². The third kappa shape index (κ3) is 7.45. The first-order valence-electron chi connectivity index (χ1n) is 12.2. The first-order chi connectivity index (χ1) is 14.8. The van der Waals surface area contributed by atoms with Gasteiger partial charge in [0.2, 0.25) is 0 Å². The summed E-state index contributed by atoms with van der Waals surface area (Å²) in [6, 6.07) is 14.8. The molecule has 0 heterocycles. The van der Waals surface area contributed by atoms with Crippen LogP contribution in [0.5, 0.6) is 5.75 Å². The van der Waals surface area contributed by atoms with Gasteiger partial charge in [0.05, 0.1) is 6.61 Å². The molecule has 0 bridgehead atoms. The Kier molecular flexibility index (Phi) is 9.73. The highest BCUT2D eigenvalue weighted by Crippen LogP contribution is 2.36. The first-order valence-corrected chi connectivity index (χ1v) is 12.2. The van der Waals surface area contributed by atoms with Crippen LogP contribution < -0.4 is 4.74 Å². The Labute approximate surface area is 183 Å². The van der Waals surface area contributed by atoms with Crippen LogP contribution in [-0.4, -0.2) is 6.61 Å². The van der Waals surface area contributed by atoms with Gasteiger partial charge < -0.3 is 4.74 Å². The molecule has 2 unspecified atom stereocenters. The van der Waals surface area contributed by atoms with Crippen LogP contribution in [-0.2, 0) is 0 Å². The highest BCUT2D eigenvalue weighted by molar-refractivity contribution is 5.63. The van der Waals surface area contributed by atoms with Gasteiger partial charge in [-0.15, -0.1) is 0 Å². The number of benzene rings is 2. The largest absolute Gasteiger partial charge is 0.494 e. The van der Waals surface area contributed by atoms with E-state index in [0.29, 0.717) is 0 Å². The van der Waals surface area contributed by atoms with Gasteiger partial charge in [-0.1, -0.05) is 95.4 Å². The van der Waals surface area contributed by atoms with Crippen molar-refractivity contribution >= 4 is 0 Å². The fourth-order valence-corrected chi connectivity index (χ4v) is 4.98. The monoisotopic (exact) mass is 410 g/mol. The van der Waals surface area contributed by atoms with Crippen LogP contribution in [0.3, 0.4) is 0 Å². The van der Waals surface area contributed by atoms with Gasteiger partial charge in [0.15, 0.2) is 0 Å². The highest BCUT2D eigenvalue weighted by Gasteiger charge is 2.24. The Bertz CT molecular complexity index is 706. The van der Waals surface area contributed by atoms with E-state index in [1.807, 2.05) is 24.3 Å². The van der Waals surface area contributed by atoms with Gasteiger partial charge in [-0.25, -0.2) is 4.39 Å². The van der Waals surface area contributed by atoms with Gasteiger partial charge in [-0.2, -0.15) is 0 Å². The SMILES string of the molecule is CCCCCCCC1CCCCC1CCCOc1ccc(-c2ccc(F)cc2)cc1. The van der Waals surface area contributed by atoms with Crippen LogP contribution >= 0.6 is 0 Å². The molecule has 2 heteroatoms. The van der Waals surface area contributed by atoms with Crippen molar-refractivity contribution in [2.24, 2.45) is 11.8 Å². The van der Waals surface area contributed by atoms with Crippen LogP contribution in [0.25, 0.3) is 11.1 Å². The highest BCUT2D eigenvalue weighted by atomic mass is 19.1. The van der Waals surface area contributed by atoms with Crippen molar-refractivity contribution in [2.45, 2.75) is 84.0 Å². The number of hydrogen-bond acceptors (Lipinski definition) is 1. The predicted octanol–water partition coefficient (Wildman–Crippen LogP) is 8.82. The lowest BCUT2D eigenvalue weighted by Gasteiger charge is -2.31. The van der Waals surface area contributed by atoms with Crippen LogP contribution in [0.15, 0.2) is 48.5 Å². The zero-order valence-corrected chi connectivity index (χ0v) is 18.8. The molecule has 2 aromatic carbocycles. The molecular weight excluding hydrogens is 371 g/mol. The average molecular weight is 411 g/mol. The van der Waals surface area contributed by atoms with E-state index in [1.54, 1.807) is 0 Å². The van der Waals surface area contributed by atoms with E-state index in [2.05, 4.69) is 19.1 Å². The summed E-state index contributed by atoms with van der Waals surface area (Å²) in [6.45, 7) is 3.09. The molecule has 0 aromatic heterocycles. The Balaban J connectivity index is 1.37. The smallest absolute Gasteiger partial charge is 0.123 e. The summed E-state index contributed by atoms with van der Waals surface area (Å²) in [7, 11) is 0. The summed E-state index contributed by atoms with van der Waals surface area (Å²) in [5.74, 6) is 2.59. The minimum atomic E-state index is -0.199. The molecule has 1 saturated carbocycles. The van der Waals surface area contributed by atoms with E-state index in [9.17, 15) is 4.39 Å². The van der Waals surface area contributed by atoms with E-state index in [1.165, 1.54) is 82.8 Å². The fourth-order valence-electron chi connectivity index (χ4n) is 4.98. The van der Waals surface area contributed by atoms with Crippen LogP contribution in [0, 0.1) is 17.7 Å². The van der Waals surface area contributed by atoms with Crippen molar-refractivity contribution in [3.05, 3.63) is 54.3 Å².